The largest absolute Gasteiger partial charge is 0.465 e. The zero-order valence-corrected chi connectivity index (χ0v) is 8.66. The van der Waals surface area contributed by atoms with Crippen LogP contribution in [-0.4, -0.2) is 27.6 Å². The van der Waals surface area contributed by atoms with E-state index in [0.29, 0.717) is 17.3 Å². The summed E-state index contributed by atoms with van der Waals surface area (Å²) in [6.07, 6.45) is -0.947. The molecule has 2 heterocycles. The Labute approximate surface area is 91.8 Å². The molecule has 1 aromatic rings. The van der Waals surface area contributed by atoms with Gasteiger partial charge in [-0.3, -0.25) is 4.90 Å². The van der Waals surface area contributed by atoms with Crippen molar-refractivity contribution in [3.8, 4) is 0 Å². The quantitative estimate of drug-likeness (QED) is 0.688. The monoisotopic (exact) mass is 224 g/mol. The van der Waals surface area contributed by atoms with Gasteiger partial charge in [-0.05, 0) is 17.2 Å². The lowest BCUT2D eigenvalue weighted by Crippen LogP contribution is -2.34. The first kappa shape index (κ1) is 9.98. The van der Waals surface area contributed by atoms with Gasteiger partial charge in [-0.2, -0.15) is 0 Å². The minimum Gasteiger partial charge on any atom is -0.465 e. The van der Waals surface area contributed by atoms with Crippen molar-refractivity contribution in [1.82, 2.24) is 9.88 Å². The lowest BCUT2D eigenvalue weighted by atomic mass is 10.0. The molecule has 0 saturated carbocycles. The number of pyridine rings is 1. The maximum atomic E-state index is 10.8. The highest BCUT2D eigenvalue weighted by atomic mass is 35.5. The van der Waals surface area contributed by atoms with Gasteiger partial charge < -0.3 is 5.11 Å². The van der Waals surface area contributed by atoms with E-state index in [1.807, 2.05) is 0 Å². The number of carbonyl (C=O) groups is 1. The van der Waals surface area contributed by atoms with Crippen LogP contribution in [0.1, 0.15) is 11.3 Å². The van der Waals surface area contributed by atoms with Crippen molar-refractivity contribution in [2.75, 3.05) is 6.54 Å². The normalized spacial score (nSPS) is 15.0. The summed E-state index contributed by atoms with van der Waals surface area (Å²) < 4.78 is 0. The molecule has 2 rings (SSSR count). The van der Waals surface area contributed by atoms with Gasteiger partial charge in [0.05, 0.1) is 18.8 Å². The summed E-state index contributed by atoms with van der Waals surface area (Å²) >= 11 is 5.76. The van der Waals surface area contributed by atoms with Gasteiger partial charge in [-0.15, -0.1) is 0 Å². The fourth-order valence-electron chi connectivity index (χ4n) is 1.60. The van der Waals surface area contributed by atoms with E-state index >= 15 is 0 Å². The van der Waals surface area contributed by atoms with Gasteiger partial charge >= 0.3 is 6.09 Å². The molecule has 0 atom stereocenters. The highest BCUT2D eigenvalue weighted by Crippen LogP contribution is 2.25. The van der Waals surface area contributed by atoms with Gasteiger partial charge in [0.25, 0.3) is 0 Å². The number of rotatable bonds is 0. The number of aromatic nitrogens is 1. The van der Waals surface area contributed by atoms with Crippen LogP contribution in [-0.2, 0) is 6.54 Å². The van der Waals surface area contributed by atoms with Crippen LogP contribution in [0.25, 0.3) is 5.57 Å². The molecule has 0 aromatic carbocycles. The molecule has 0 radical (unpaired) electrons. The van der Waals surface area contributed by atoms with E-state index in [-0.39, 0.29) is 6.54 Å². The summed E-state index contributed by atoms with van der Waals surface area (Å²) in [7, 11) is 0. The summed E-state index contributed by atoms with van der Waals surface area (Å²) in [5.41, 5.74) is 2.25. The Morgan fingerprint density at radius 2 is 2.27 bits per heavy atom. The Bertz CT molecular complexity index is 445. The topological polar surface area (TPSA) is 53.4 Å². The molecular weight excluding hydrogens is 216 g/mol. The number of hydrogen-bond acceptors (Lipinski definition) is 2. The summed E-state index contributed by atoms with van der Waals surface area (Å²) in [6.45, 7) is 4.43. The van der Waals surface area contributed by atoms with Crippen LogP contribution in [0.2, 0.25) is 5.15 Å². The van der Waals surface area contributed by atoms with E-state index in [4.69, 9.17) is 16.7 Å². The van der Waals surface area contributed by atoms with Crippen molar-refractivity contribution in [1.29, 1.82) is 0 Å². The molecule has 1 aliphatic rings. The third-order valence-corrected chi connectivity index (χ3v) is 2.50. The van der Waals surface area contributed by atoms with Crippen LogP contribution in [0, 0.1) is 0 Å². The van der Waals surface area contributed by atoms with Crippen LogP contribution in [0.5, 0.6) is 0 Å². The SMILES string of the molecule is C=C1CN(C(=O)O)Cc2ccc(Cl)nc21. The first-order valence-corrected chi connectivity index (χ1v) is 4.77. The van der Waals surface area contributed by atoms with E-state index in [1.165, 1.54) is 4.90 Å². The lowest BCUT2D eigenvalue weighted by molar-refractivity contribution is 0.147. The van der Waals surface area contributed by atoms with Gasteiger partial charge in [0.2, 0.25) is 0 Å². The number of fused-ring (bicyclic) bond motifs is 1. The molecular formula is C10H9ClN2O2. The highest BCUT2D eigenvalue weighted by Gasteiger charge is 2.23. The van der Waals surface area contributed by atoms with E-state index in [2.05, 4.69) is 11.6 Å². The highest BCUT2D eigenvalue weighted by molar-refractivity contribution is 6.29. The fraction of sp³-hybridized carbons (Fsp3) is 0.200. The molecule has 1 aromatic heterocycles. The van der Waals surface area contributed by atoms with E-state index in [1.54, 1.807) is 12.1 Å². The van der Waals surface area contributed by atoms with Crippen molar-refractivity contribution < 1.29 is 9.90 Å². The predicted octanol–water partition coefficient (Wildman–Crippen LogP) is 2.24. The molecule has 78 valence electrons. The molecule has 0 fully saturated rings. The zero-order chi connectivity index (χ0) is 11.0. The summed E-state index contributed by atoms with van der Waals surface area (Å²) in [5, 5.41) is 9.28. The molecule has 1 aliphatic heterocycles. The fourth-order valence-corrected chi connectivity index (χ4v) is 1.75. The Morgan fingerprint density at radius 1 is 1.53 bits per heavy atom. The number of amides is 1. The zero-order valence-electron chi connectivity index (χ0n) is 7.90. The van der Waals surface area contributed by atoms with Crippen molar-refractivity contribution in [3.05, 3.63) is 35.1 Å². The second-order valence-corrected chi connectivity index (χ2v) is 3.77. The van der Waals surface area contributed by atoms with Crippen LogP contribution in [0.3, 0.4) is 0 Å². The Balaban J connectivity index is 2.41. The first-order valence-electron chi connectivity index (χ1n) is 4.39. The summed E-state index contributed by atoms with van der Waals surface area (Å²) in [4.78, 5) is 16.2. The number of nitrogens with zero attached hydrogens (tertiary/aromatic N) is 2. The molecule has 5 heteroatoms. The average Bonchev–Trinajstić information content (AvgIpc) is 2.18. The van der Waals surface area contributed by atoms with Crippen molar-refractivity contribution >= 4 is 23.3 Å². The molecule has 0 aliphatic carbocycles. The predicted molar refractivity (Wildman–Crippen MR) is 56.7 cm³/mol. The molecule has 4 nitrogen and oxygen atoms in total. The van der Waals surface area contributed by atoms with Gasteiger partial charge in [0, 0.05) is 0 Å². The van der Waals surface area contributed by atoms with Gasteiger partial charge in [-0.1, -0.05) is 24.2 Å². The van der Waals surface area contributed by atoms with E-state index in [0.717, 1.165) is 11.3 Å². The Morgan fingerprint density at radius 3 is 2.93 bits per heavy atom. The second kappa shape index (κ2) is 3.55. The molecule has 0 bridgehead atoms. The molecule has 15 heavy (non-hydrogen) atoms. The van der Waals surface area contributed by atoms with Crippen molar-refractivity contribution in [2.24, 2.45) is 0 Å². The molecule has 0 spiro atoms. The molecule has 1 N–H and O–H groups in total. The molecule has 0 saturated heterocycles. The van der Waals surface area contributed by atoms with Crippen molar-refractivity contribution in [3.63, 3.8) is 0 Å². The Kier molecular flexibility index (Phi) is 2.36. The van der Waals surface area contributed by atoms with Crippen LogP contribution < -0.4 is 0 Å². The van der Waals surface area contributed by atoms with Gasteiger partial charge in [0.1, 0.15) is 5.15 Å². The smallest absolute Gasteiger partial charge is 0.407 e. The maximum absolute atomic E-state index is 10.8. The number of carboxylic acid groups (broad SMARTS) is 1. The standard InChI is InChI=1S/C10H9ClN2O2/c1-6-4-13(10(14)15)5-7-2-3-8(11)12-9(6)7/h2-3H,1,4-5H2,(H,14,15). The number of hydrogen-bond donors (Lipinski definition) is 1. The minimum absolute atomic E-state index is 0.287. The third kappa shape index (κ3) is 1.80. The lowest BCUT2D eigenvalue weighted by Gasteiger charge is -2.27. The van der Waals surface area contributed by atoms with Crippen molar-refractivity contribution in [2.45, 2.75) is 6.54 Å². The van der Waals surface area contributed by atoms with E-state index < -0.39 is 6.09 Å². The molecule has 1 amide bonds. The third-order valence-electron chi connectivity index (χ3n) is 2.29. The summed E-state index contributed by atoms with van der Waals surface area (Å²) in [6, 6.07) is 3.43. The minimum atomic E-state index is -0.947. The first-order chi connectivity index (χ1) is 7.08. The second-order valence-electron chi connectivity index (χ2n) is 3.38. The molecule has 0 unspecified atom stereocenters. The maximum Gasteiger partial charge on any atom is 0.407 e. The van der Waals surface area contributed by atoms with Gasteiger partial charge in [-0.25, -0.2) is 9.78 Å². The van der Waals surface area contributed by atoms with Crippen LogP contribution in [0.4, 0.5) is 4.79 Å². The van der Waals surface area contributed by atoms with E-state index in [9.17, 15) is 4.79 Å². The average molecular weight is 225 g/mol. The number of halogens is 1. The van der Waals surface area contributed by atoms with Crippen LogP contribution >= 0.6 is 11.6 Å². The van der Waals surface area contributed by atoms with Crippen LogP contribution in [0.15, 0.2) is 18.7 Å². The summed E-state index contributed by atoms with van der Waals surface area (Å²) in [5.74, 6) is 0. The van der Waals surface area contributed by atoms with Gasteiger partial charge in [0.15, 0.2) is 0 Å². The Hall–Kier alpha value is -1.55.